The average molecular weight is 663 g/mol. The van der Waals surface area contributed by atoms with Crippen LogP contribution in [0.4, 0.5) is 0 Å². The lowest BCUT2D eigenvalue weighted by molar-refractivity contribution is -0.870. The molecule has 0 spiro atoms. The Morgan fingerprint density at radius 2 is 1.09 bits per heavy atom. The maximum absolute atomic E-state index is 12.6. The van der Waals surface area contributed by atoms with Crippen molar-refractivity contribution in [1.82, 2.24) is 5.32 Å². The first-order valence-electron chi connectivity index (χ1n) is 18.9. The molecule has 0 saturated carbocycles. The molecule has 0 rings (SSSR count). The fraction of sp³-hybridized carbons (Fsp3) is 0.972. The van der Waals surface area contributed by atoms with Gasteiger partial charge in [0, 0.05) is 6.42 Å². The van der Waals surface area contributed by atoms with Crippen LogP contribution < -0.4 is 10.2 Å². The fourth-order valence-corrected chi connectivity index (χ4v) is 6.23. The molecule has 45 heavy (non-hydrogen) atoms. The number of rotatable bonds is 34. The monoisotopic (exact) mass is 663 g/mol. The molecule has 2 N–H and O–H groups in total. The van der Waals surface area contributed by atoms with Crippen LogP contribution >= 0.6 is 7.82 Å². The van der Waals surface area contributed by atoms with Gasteiger partial charge in [-0.3, -0.25) is 9.36 Å². The summed E-state index contributed by atoms with van der Waals surface area (Å²) in [5, 5.41) is 13.7. The van der Waals surface area contributed by atoms with Crippen molar-refractivity contribution < 1.29 is 32.9 Å². The maximum Gasteiger partial charge on any atom is 0.268 e. The van der Waals surface area contributed by atoms with Crippen molar-refractivity contribution in [2.45, 2.75) is 187 Å². The zero-order valence-corrected chi connectivity index (χ0v) is 31.2. The van der Waals surface area contributed by atoms with Crippen molar-refractivity contribution >= 4 is 13.7 Å². The van der Waals surface area contributed by atoms with Crippen molar-refractivity contribution in [3.8, 4) is 0 Å². The summed E-state index contributed by atoms with van der Waals surface area (Å²) < 4.78 is 23.0. The molecular formula is C36H75N2O6P. The number of aliphatic hydroxyl groups is 1. The van der Waals surface area contributed by atoms with Crippen molar-refractivity contribution in [3.05, 3.63) is 0 Å². The molecule has 0 aliphatic rings. The predicted molar refractivity (Wildman–Crippen MR) is 187 cm³/mol. The molecule has 0 fully saturated rings. The number of phosphoric ester groups is 1. The first-order valence-corrected chi connectivity index (χ1v) is 20.3. The highest BCUT2D eigenvalue weighted by Gasteiger charge is 2.24. The number of amides is 1. The molecular weight excluding hydrogens is 587 g/mol. The summed E-state index contributed by atoms with van der Waals surface area (Å²) in [5.41, 5.74) is 0. The topological polar surface area (TPSA) is 108 Å². The van der Waals surface area contributed by atoms with E-state index in [2.05, 4.69) is 19.2 Å². The first kappa shape index (κ1) is 44.5. The predicted octanol–water partition coefficient (Wildman–Crippen LogP) is 8.83. The van der Waals surface area contributed by atoms with Gasteiger partial charge in [0.25, 0.3) is 7.82 Å². The molecule has 9 heteroatoms. The normalized spacial score (nSPS) is 14.7. The summed E-state index contributed by atoms with van der Waals surface area (Å²) in [6, 6.07) is -0.789. The summed E-state index contributed by atoms with van der Waals surface area (Å²) in [6.07, 6.45) is 28.5. The third kappa shape index (κ3) is 31.8. The number of likely N-dealkylation sites (N-methyl/N-ethyl adjacent to an activating group) is 1. The second-order valence-electron chi connectivity index (χ2n) is 14.3. The zero-order chi connectivity index (χ0) is 33.7. The van der Waals surface area contributed by atoms with Gasteiger partial charge in [0.1, 0.15) is 13.2 Å². The highest BCUT2D eigenvalue weighted by Crippen LogP contribution is 2.38. The molecule has 0 aromatic heterocycles. The highest BCUT2D eigenvalue weighted by molar-refractivity contribution is 7.45. The molecule has 3 unspecified atom stereocenters. The summed E-state index contributed by atoms with van der Waals surface area (Å²) >= 11 is 0. The van der Waals surface area contributed by atoms with E-state index in [0.717, 1.165) is 51.4 Å². The summed E-state index contributed by atoms with van der Waals surface area (Å²) in [4.78, 5) is 24.9. The largest absolute Gasteiger partial charge is 0.756 e. The van der Waals surface area contributed by atoms with Gasteiger partial charge in [0.2, 0.25) is 5.91 Å². The number of aliphatic hydroxyl groups excluding tert-OH is 1. The Hall–Kier alpha value is -0.500. The third-order valence-electron chi connectivity index (χ3n) is 8.60. The second-order valence-corrected chi connectivity index (χ2v) is 15.7. The van der Waals surface area contributed by atoms with E-state index in [9.17, 15) is 19.4 Å². The van der Waals surface area contributed by atoms with Crippen LogP contribution in [-0.2, 0) is 18.4 Å². The summed E-state index contributed by atoms with van der Waals surface area (Å²) in [5.74, 6) is -0.177. The van der Waals surface area contributed by atoms with E-state index in [-0.39, 0.29) is 19.1 Å². The minimum atomic E-state index is -4.54. The lowest BCUT2D eigenvalue weighted by Crippen LogP contribution is -2.46. The maximum atomic E-state index is 12.6. The van der Waals surface area contributed by atoms with Crippen LogP contribution in [0.1, 0.15) is 174 Å². The van der Waals surface area contributed by atoms with Crippen LogP contribution in [0.3, 0.4) is 0 Å². The van der Waals surface area contributed by atoms with Crippen LogP contribution in [0.25, 0.3) is 0 Å². The number of unbranched alkanes of at least 4 members (excludes halogenated alkanes) is 21. The Balaban J connectivity index is 4.22. The van der Waals surface area contributed by atoms with Crippen molar-refractivity contribution in [1.29, 1.82) is 0 Å². The molecule has 0 aromatic rings. The van der Waals surface area contributed by atoms with Crippen LogP contribution in [-0.4, -0.2) is 68.5 Å². The lowest BCUT2D eigenvalue weighted by atomic mass is 10.0. The number of nitrogens with one attached hydrogen (secondary N) is 1. The smallest absolute Gasteiger partial charge is 0.268 e. The Morgan fingerprint density at radius 3 is 1.51 bits per heavy atom. The summed E-state index contributed by atoms with van der Waals surface area (Å²) in [7, 11) is 1.31. The number of carbonyl (C=O) groups excluding carboxylic acids is 1. The van der Waals surface area contributed by atoms with E-state index in [4.69, 9.17) is 9.05 Å². The van der Waals surface area contributed by atoms with E-state index < -0.39 is 20.0 Å². The van der Waals surface area contributed by atoms with Gasteiger partial charge >= 0.3 is 0 Å². The molecule has 270 valence electrons. The number of nitrogens with zero attached hydrogens (tertiary/aromatic N) is 1. The van der Waals surface area contributed by atoms with Crippen LogP contribution in [0, 0.1) is 0 Å². The van der Waals surface area contributed by atoms with Gasteiger partial charge in [-0.05, 0) is 12.8 Å². The average Bonchev–Trinajstić information content (AvgIpc) is 2.97. The molecule has 0 radical (unpaired) electrons. The molecule has 8 nitrogen and oxygen atoms in total. The number of quaternary nitrogens is 1. The van der Waals surface area contributed by atoms with Gasteiger partial charge in [-0.15, -0.1) is 0 Å². The third-order valence-corrected chi connectivity index (χ3v) is 9.56. The Kier molecular flexibility index (Phi) is 29.3. The van der Waals surface area contributed by atoms with Gasteiger partial charge < -0.3 is 28.8 Å². The highest BCUT2D eigenvalue weighted by atomic mass is 31.2. The molecule has 3 atom stereocenters. The van der Waals surface area contributed by atoms with E-state index in [1.807, 2.05) is 21.1 Å². The Bertz CT molecular complexity index is 718. The van der Waals surface area contributed by atoms with Crippen molar-refractivity contribution in [2.24, 2.45) is 0 Å². The fourth-order valence-electron chi connectivity index (χ4n) is 5.51. The molecule has 0 aliphatic carbocycles. The van der Waals surface area contributed by atoms with E-state index in [1.54, 1.807) is 0 Å². The minimum absolute atomic E-state index is 0.0148. The van der Waals surface area contributed by atoms with Gasteiger partial charge in [-0.1, -0.05) is 155 Å². The Labute approximate surface area is 279 Å². The van der Waals surface area contributed by atoms with Gasteiger partial charge in [-0.2, -0.15) is 0 Å². The Morgan fingerprint density at radius 1 is 0.689 bits per heavy atom. The second kappa shape index (κ2) is 29.6. The van der Waals surface area contributed by atoms with Crippen LogP contribution in [0.15, 0.2) is 0 Å². The minimum Gasteiger partial charge on any atom is -0.756 e. The van der Waals surface area contributed by atoms with Gasteiger partial charge in [-0.25, -0.2) is 0 Å². The quantitative estimate of drug-likeness (QED) is 0.0405. The lowest BCUT2D eigenvalue weighted by Gasteiger charge is -2.30. The van der Waals surface area contributed by atoms with Crippen molar-refractivity contribution in [3.63, 3.8) is 0 Å². The number of carbonyl (C=O) groups is 1. The number of phosphoric acid groups is 1. The number of hydrogen-bond acceptors (Lipinski definition) is 6. The van der Waals surface area contributed by atoms with E-state index in [1.165, 1.54) is 96.3 Å². The van der Waals surface area contributed by atoms with E-state index in [0.29, 0.717) is 23.9 Å². The first-order chi connectivity index (χ1) is 21.5. The standard InChI is InChI=1S/C36H75N2O6P/c1-6-8-10-12-13-14-15-16-17-18-19-20-21-22-23-24-26-27-29-35(39)34(37-36(40)30-28-25-11-9-7-2)33-44-45(41,42)43-32-31-38(3,4)5/h34-35,39H,6-33H2,1-5H3,(H-,37,40,41,42). The molecule has 1 amide bonds. The zero-order valence-electron chi connectivity index (χ0n) is 30.3. The van der Waals surface area contributed by atoms with Crippen LogP contribution in [0.5, 0.6) is 0 Å². The molecule has 0 aromatic carbocycles. The van der Waals surface area contributed by atoms with Crippen LogP contribution in [0.2, 0.25) is 0 Å². The molecule has 0 aliphatic heterocycles. The van der Waals surface area contributed by atoms with E-state index >= 15 is 0 Å². The van der Waals surface area contributed by atoms with Gasteiger partial charge in [0.15, 0.2) is 0 Å². The van der Waals surface area contributed by atoms with Crippen molar-refractivity contribution in [2.75, 3.05) is 40.9 Å². The molecule has 0 saturated heterocycles. The summed E-state index contributed by atoms with van der Waals surface area (Å²) in [6.45, 7) is 4.62. The number of hydrogen-bond donors (Lipinski definition) is 2. The SMILES string of the molecule is CCCCCCCCCCCCCCCCCCCCC(O)C(COP(=O)([O-])OCC[N+](C)(C)C)NC(=O)CCCCCCC. The molecule has 0 heterocycles. The van der Waals surface area contributed by atoms with Gasteiger partial charge in [0.05, 0.1) is 39.9 Å². The molecule has 0 bridgehead atoms.